The van der Waals surface area contributed by atoms with Crippen molar-refractivity contribution in [2.45, 2.75) is 25.7 Å². The average molecular weight is 269 g/mol. The number of carbonyl (C=O) groups excluding carboxylic acids is 1. The van der Waals surface area contributed by atoms with Crippen molar-refractivity contribution < 1.29 is 9.53 Å². The van der Waals surface area contributed by atoms with Gasteiger partial charge in [-0.3, -0.25) is 4.79 Å². The number of rotatable bonds is 2. The molecule has 0 aliphatic carbocycles. The van der Waals surface area contributed by atoms with E-state index < -0.39 is 0 Å². The molecule has 98 valence electrons. The lowest BCUT2D eigenvalue weighted by molar-refractivity contribution is 0.0761. The van der Waals surface area contributed by atoms with E-state index in [9.17, 15) is 4.79 Å². The highest BCUT2D eigenvalue weighted by atomic mass is 35.5. The number of carbonyl (C=O) groups is 1. The van der Waals surface area contributed by atoms with Crippen LogP contribution in [0, 0.1) is 0 Å². The summed E-state index contributed by atoms with van der Waals surface area (Å²) in [5, 5.41) is 0.282. The van der Waals surface area contributed by atoms with Crippen LogP contribution in [0.2, 0.25) is 5.15 Å². The van der Waals surface area contributed by atoms with Gasteiger partial charge in [0, 0.05) is 19.3 Å². The Kier molecular flexibility index (Phi) is 4.42. The molecular formula is C13H17ClN2O2. The molecule has 2 rings (SSSR count). The summed E-state index contributed by atoms with van der Waals surface area (Å²) in [6.45, 7) is 1.65. The van der Waals surface area contributed by atoms with E-state index in [0.29, 0.717) is 11.3 Å². The van der Waals surface area contributed by atoms with Gasteiger partial charge in [-0.1, -0.05) is 24.4 Å². The molecule has 0 saturated carbocycles. The van der Waals surface area contributed by atoms with Crippen molar-refractivity contribution in [1.82, 2.24) is 9.88 Å². The standard InChI is InChI=1S/C13H17ClN2O2/c1-18-11-8-10(9-15-12(11)14)13(17)16-6-4-2-3-5-7-16/h8-9H,2-7H2,1H3. The van der Waals surface area contributed by atoms with E-state index in [-0.39, 0.29) is 11.1 Å². The Morgan fingerprint density at radius 1 is 1.33 bits per heavy atom. The Labute approximate surface area is 112 Å². The fourth-order valence-corrected chi connectivity index (χ4v) is 2.32. The summed E-state index contributed by atoms with van der Waals surface area (Å²) in [4.78, 5) is 18.2. The molecule has 0 bridgehead atoms. The minimum atomic E-state index is 0.0133. The zero-order chi connectivity index (χ0) is 13.0. The van der Waals surface area contributed by atoms with E-state index in [1.165, 1.54) is 26.1 Å². The van der Waals surface area contributed by atoms with Crippen molar-refractivity contribution in [2.24, 2.45) is 0 Å². The fourth-order valence-electron chi connectivity index (χ4n) is 2.14. The summed E-state index contributed by atoms with van der Waals surface area (Å²) in [7, 11) is 1.52. The molecule has 1 fully saturated rings. The molecule has 1 amide bonds. The SMILES string of the molecule is COc1cc(C(=O)N2CCCCCC2)cnc1Cl. The van der Waals surface area contributed by atoms with Gasteiger partial charge in [0.15, 0.2) is 10.9 Å². The van der Waals surface area contributed by atoms with Crippen molar-refractivity contribution in [3.05, 3.63) is 23.0 Å². The van der Waals surface area contributed by atoms with Crippen LogP contribution in [0.1, 0.15) is 36.0 Å². The van der Waals surface area contributed by atoms with Crippen LogP contribution in [-0.2, 0) is 0 Å². The summed E-state index contributed by atoms with van der Waals surface area (Å²) < 4.78 is 5.08. The molecule has 18 heavy (non-hydrogen) atoms. The molecule has 1 aromatic heterocycles. The van der Waals surface area contributed by atoms with E-state index in [1.54, 1.807) is 6.07 Å². The van der Waals surface area contributed by atoms with Gasteiger partial charge in [0.25, 0.3) is 5.91 Å². The van der Waals surface area contributed by atoms with Gasteiger partial charge in [-0.15, -0.1) is 0 Å². The molecule has 1 aliphatic heterocycles. The van der Waals surface area contributed by atoms with Gasteiger partial charge in [-0.2, -0.15) is 0 Å². The molecule has 1 aliphatic rings. The predicted octanol–water partition coefficient (Wildman–Crippen LogP) is 2.76. The molecule has 0 atom stereocenters. The van der Waals surface area contributed by atoms with Crippen molar-refractivity contribution in [3.8, 4) is 5.75 Å². The van der Waals surface area contributed by atoms with Gasteiger partial charge in [0.1, 0.15) is 0 Å². The van der Waals surface area contributed by atoms with Crippen molar-refractivity contribution >= 4 is 17.5 Å². The van der Waals surface area contributed by atoms with Crippen molar-refractivity contribution in [1.29, 1.82) is 0 Å². The second-order valence-electron chi connectivity index (χ2n) is 4.42. The first kappa shape index (κ1) is 13.1. The summed E-state index contributed by atoms with van der Waals surface area (Å²) in [6, 6.07) is 1.66. The lowest BCUT2D eigenvalue weighted by atomic mass is 10.2. The topological polar surface area (TPSA) is 42.4 Å². The number of halogens is 1. The first-order chi connectivity index (χ1) is 8.72. The molecule has 0 unspecified atom stereocenters. The quantitative estimate of drug-likeness (QED) is 0.775. The summed E-state index contributed by atoms with van der Waals surface area (Å²) in [5.41, 5.74) is 0.540. The van der Waals surface area contributed by atoms with Gasteiger partial charge >= 0.3 is 0 Å². The average Bonchev–Trinajstić information content (AvgIpc) is 2.67. The van der Waals surface area contributed by atoms with Crippen LogP contribution in [-0.4, -0.2) is 36.0 Å². The van der Waals surface area contributed by atoms with Crippen LogP contribution >= 0.6 is 11.6 Å². The summed E-state index contributed by atoms with van der Waals surface area (Å²) in [6.07, 6.45) is 6.06. The van der Waals surface area contributed by atoms with Crippen molar-refractivity contribution in [2.75, 3.05) is 20.2 Å². The van der Waals surface area contributed by atoms with Crippen LogP contribution in [0.25, 0.3) is 0 Å². The lowest BCUT2D eigenvalue weighted by Crippen LogP contribution is -2.31. The number of aromatic nitrogens is 1. The minimum absolute atomic E-state index is 0.0133. The van der Waals surface area contributed by atoms with Gasteiger partial charge in [0.2, 0.25) is 0 Å². The number of amides is 1. The second kappa shape index (κ2) is 6.05. The maximum absolute atomic E-state index is 12.3. The Morgan fingerprint density at radius 3 is 2.61 bits per heavy atom. The van der Waals surface area contributed by atoms with Crippen LogP contribution in [0.3, 0.4) is 0 Å². The third-order valence-corrected chi connectivity index (χ3v) is 3.45. The zero-order valence-corrected chi connectivity index (χ0v) is 11.2. The number of methoxy groups -OCH3 is 1. The zero-order valence-electron chi connectivity index (χ0n) is 10.5. The molecule has 2 heterocycles. The van der Waals surface area contributed by atoms with Crippen LogP contribution in [0.5, 0.6) is 5.75 Å². The maximum atomic E-state index is 12.3. The first-order valence-electron chi connectivity index (χ1n) is 6.21. The highest BCUT2D eigenvalue weighted by Gasteiger charge is 2.18. The molecule has 0 N–H and O–H groups in total. The van der Waals surface area contributed by atoms with E-state index in [0.717, 1.165) is 25.9 Å². The molecule has 0 aromatic carbocycles. The van der Waals surface area contributed by atoms with Crippen LogP contribution < -0.4 is 4.74 Å². The highest BCUT2D eigenvalue weighted by molar-refractivity contribution is 6.30. The molecule has 1 aromatic rings. The summed E-state index contributed by atoms with van der Waals surface area (Å²) in [5.74, 6) is 0.455. The second-order valence-corrected chi connectivity index (χ2v) is 4.78. The molecule has 5 heteroatoms. The van der Waals surface area contributed by atoms with E-state index in [4.69, 9.17) is 16.3 Å². The predicted molar refractivity (Wildman–Crippen MR) is 70.2 cm³/mol. The highest BCUT2D eigenvalue weighted by Crippen LogP contribution is 2.23. The Bertz CT molecular complexity index is 429. The van der Waals surface area contributed by atoms with Gasteiger partial charge in [-0.05, 0) is 18.9 Å². The monoisotopic (exact) mass is 268 g/mol. The molecule has 4 nitrogen and oxygen atoms in total. The first-order valence-corrected chi connectivity index (χ1v) is 6.59. The number of nitrogens with zero attached hydrogens (tertiary/aromatic N) is 2. The van der Waals surface area contributed by atoms with E-state index >= 15 is 0 Å². The van der Waals surface area contributed by atoms with Gasteiger partial charge in [-0.25, -0.2) is 4.98 Å². The number of likely N-dealkylation sites (tertiary alicyclic amines) is 1. The Hall–Kier alpha value is -1.29. The fraction of sp³-hybridized carbons (Fsp3) is 0.538. The van der Waals surface area contributed by atoms with Gasteiger partial charge < -0.3 is 9.64 Å². The van der Waals surface area contributed by atoms with Gasteiger partial charge in [0.05, 0.1) is 12.7 Å². The van der Waals surface area contributed by atoms with E-state index in [1.807, 2.05) is 4.90 Å². The molecule has 1 saturated heterocycles. The Balaban J connectivity index is 2.16. The van der Waals surface area contributed by atoms with Crippen molar-refractivity contribution in [3.63, 3.8) is 0 Å². The Morgan fingerprint density at radius 2 is 2.00 bits per heavy atom. The minimum Gasteiger partial charge on any atom is -0.493 e. The largest absolute Gasteiger partial charge is 0.493 e. The molecule has 0 radical (unpaired) electrons. The van der Waals surface area contributed by atoms with Crippen LogP contribution in [0.4, 0.5) is 0 Å². The lowest BCUT2D eigenvalue weighted by Gasteiger charge is -2.20. The third-order valence-electron chi connectivity index (χ3n) is 3.17. The van der Waals surface area contributed by atoms with E-state index in [2.05, 4.69) is 4.98 Å². The normalized spacial score (nSPS) is 16.2. The number of hydrogen-bond donors (Lipinski definition) is 0. The molecular weight excluding hydrogens is 252 g/mol. The number of ether oxygens (including phenoxy) is 1. The number of pyridine rings is 1. The smallest absolute Gasteiger partial charge is 0.255 e. The maximum Gasteiger partial charge on any atom is 0.255 e. The third kappa shape index (κ3) is 2.93. The summed E-state index contributed by atoms with van der Waals surface area (Å²) >= 11 is 5.85. The molecule has 0 spiro atoms. The number of hydrogen-bond acceptors (Lipinski definition) is 3. The van der Waals surface area contributed by atoms with Crippen LogP contribution in [0.15, 0.2) is 12.3 Å².